The Morgan fingerprint density at radius 3 is 2.86 bits per heavy atom. The maximum Gasteiger partial charge on any atom is 0.121 e. The molecule has 2 rings (SSSR count). The third-order valence-electron chi connectivity index (χ3n) is 3.12. The highest BCUT2D eigenvalue weighted by atomic mass is 16.5. The van der Waals surface area contributed by atoms with Crippen molar-refractivity contribution < 1.29 is 4.74 Å². The molecule has 0 bridgehead atoms. The normalized spacial score (nSPS) is 25.5. The molecule has 0 heterocycles. The Labute approximate surface area is 85.1 Å². The van der Waals surface area contributed by atoms with Gasteiger partial charge in [-0.3, -0.25) is 0 Å². The molecule has 0 saturated heterocycles. The van der Waals surface area contributed by atoms with E-state index in [0.29, 0.717) is 0 Å². The van der Waals surface area contributed by atoms with Gasteiger partial charge >= 0.3 is 0 Å². The molecule has 76 valence electrons. The van der Waals surface area contributed by atoms with Crippen LogP contribution in [0, 0.1) is 11.8 Å². The van der Waals surface area contributed by atoms with Crippen LogP contribution >= 0.6 is 0 Å². The van der Waals surface area contributed by atoms with Crippen molar-refractivity contribution in [1.29, 1.82) is 0 Å². The first-order valence-electron chi connectivity index (χ1n) is 5.24. The number of hydrogen-bond acceptors (Lipinski definition) is 2. The summed E-state index contributed by atoms with van der Waals surface area (Å²) in [6, 6.07) is 7.64. The van der Waals surface area contributed by atoms with Gasteiger partial charge in [0.15, 0.2) is 0 Å². The molecule has 0 aliphatic heterocycles. The molecule has 1 aliphatic rings. The Hall–Kier alpha value is -1.18. The van der Waals surface area contributed by atoms with Crippen LogP contribution in [0.3, 0.4) is 0 Å². The van der Waals surface area contributed by atoms with Crippen LogP contribution in [0.25, 0.3) is 0 Å². The largest absolute Gasteiger partial charge is 0.493 e. The molecule has 1 fully saturated rings. The minimum absolute atomic E-state index is 0.747. The summed E-state index contributed by atoms with van der Waals surface area (Å²) < 4.78 is 5.68. The molecule has 2 nitrogen and oxygen atoms in total. The summed E-state index contributed by atoms with van der Waals surface area (Å²) >= 11 is 0. The molecule has 2 heteroatoms. The molecular formula is C12H17NO. The lowest BCUT2D eigenvalue weighted by atomic mass is 9.75. The lowest BCUT2D eigenvalue weighted by molar-refractivity contribution is 0.116. The standard InChI is InChI=1S/C12H17NO/c1-9-5-6-10(9)8-14-12-4-2-3-11(13)7-12/h2-4,7,9-10H,5-6,8,13H2,1H3/t9-,10-/m0/s1. The first-order valence-corrected chi connectivity index (χ1v) is 5.24. The molecule has 2 N–H and O–H groups in total. The van der Waals surface area contributed by atoms with Gasteiger partial charge in [0.05, 0.1) is 6.61 Å². The fraction of sp³-hybridized carbons (Fsp3) is 0.500. The SMILES string of the molecule is C[C@H]1CC[C@H]1COc1cccc(N)c1. The number of nitrogens with two attached hydrogens (primary N) is 1. The minimum atomic E-state index is 0.747. The van der Waals surface area contributed by atoms with Crippen molar-refractivity contribution in [3.05, 3.63) is 24.3 Å². The monoisotopic (exact) mass is 191 g/mol. The van der Waals surface area contributed by atoms with Crippen LogP contribution in [0.1, 0.15) is 19.8 Å². The average molecular weight is 191 g/mol. The predicted molar refractivity (Wildman–Crippen MR) is 58.2 cm³/mol. The summed E-state index contributed by atoms with van der Waals surface area (Å²) in [7, 11) is 0. The van der Waals surface area contributed by atoms with Crippen LogP contribution in [0.5, 0.6) is 5.75 Å². The molecule has 0 aromatic heterocycles. The van der Waals surface area contributed by atoms with Gasteiger partial charge in [0.2, 0.25) is 0 Å². The van der Waals surface area contributed by atoms with E-state index in [1.807, 2.05) is 24.3 Å². The van der Waals surface area contributed by atoms with Crippen molar-refractivity contribution in [3.8, 4) is 5.75 Å². The van der Waals surface area contributed by atoms with Crippen LogP contribution in [-0.4, -0.2) is 6.61 Å². The van der Waals surface area contributed by atoms with E-state index in [1.54, 1.807) is 0 Å². The van der Waals surface area contributed by atoms with Gasteiger partial charge in [-0.2, -0.15) is 0 Å². The summed E-state index contributed by atoms with van der Waals surface area (Å²) in [5, 5.41) is 0. The number of hydrogen-bond donors (Lipinski definition) is 1. The highest BCUT2D eigenvalue weighted by molar-refractivity contribution is 5.43. The van der Waals surface area contributed by atoms with E-state index in [4.69, 9.17) is 10.5 Å². The number of nitrogen functional groups attached to an aromatic ring is 1. The maximum atomic E-state index is 5.68. The third kappa shape index (κ3) is 2.00. The second kappa shape index (κ2) is 3.91. The van der Waals surface area contributed by atoms with Crippen LogP contribution in [0.2, 0.25) is 0 Å². The van der Waals surface area contributed by atoms with Gasteiger partial charge in [0.1, 0.15) is 5.75 Å². The Morgan fingerprint density at radius 1 is 1.43 bits per heavy atom. The minimum Gasteiger partial charge on any atom is -0.493 e. The maximum absolute atomic E-state index is 5.68. The van der Waals surface area contributed by atoms with Crippen LogP contribution in [0.15, 0.2) is 24.3 Å². The third-order valence-corrected chi connectivity index (χ3v) is 3.12. The van der Waals surface area contributed by atoms with Gasteiger partial charge in [0.25, 0.3) is 0 Å². The Bertz CT molecular complexity index is 311. The predicted octanol–water partition coefficient (Wildman–Crippen LogP) is 2.69. The quantitative estimate of drug-likeness (QED) is 0.745. The van der Waals surface area contributed by atoms with E-state index in [-0.39, 0.29) is 0 Å². The fourth-order valence-corrected chi connectivity index (χ4v) is 1.79. The zero-order chi connectivity index (χ0) is 9.97. The average Bonchev–Trinajstić information content (AvgIpc) is 2.16. The van der Waals surface area contributed by atoms with Gasteiger partial charge in [-0.15, -0.1) is 0 Å². The van der Waals surface area contributed by atoms with Crippen molar-refractivity contribution in [1.82, 2.24) is 0 Å². The van der Waals surface area contributed by atoms with Crippen molar-refractivity contribution >= 4 is 5.69 Å². The Balaban J connectivity index is 1.85. The van der Waals surface area contributed by atoms with Crippen LogP contribution in [-0.2, 0) is 0 Å². The van der Waals surface area contributed by atoms with Gasteiger partial charge in [-0.1, -0.05) is 13.0 Å². The summed E-state index contributed by atoms with van der Waals surface area (Å²) in [5.74, 6) is 2.47. The van der Waals surface area contributed by atoms with Crippen molar-refractivity contribution in [3.63, 3.8) is 0 Å². The van der Waals surface area contributed by atoms with E-state index in [1.165, 1.54) is 12.8 Å². The van der Waals surface area contributed by atoms with Gasteiger partial charge in [-0.05, 0) is 36.8 Å². The highest BCUT2D eigenvalue weighted by Gasteiger charge is 2.26. The second-order valence-electron chi connectivity index (χ2n) is 4.20. The van der Waals surface area contributed by atoms with E-state index in [9.17, 15) is 0 Å². The van der Waals surface area contributed by atoms with Gasteiger partial charge in [0, 0.05) is 11.8 Å². The molecule has 0 unspecified atom stereocenters. The van der Waals surface area contributed by atoms with E-state index in [0.717, 1.165) is 29.9 Å². The Kier molecular flexibility index (Phi) is 2.62. The summed E-state index contributed by atoms with van der Waals surface area (Å²) in [6.07, 6.45) is 2.66. The number of anilines is 1. The van der Waals surface area contributed by atoms with Crippen molar-refractivity contribution in [2.24, 2.45) is 11.8 Å². The molecule has 1 aliphatic carbocycles. The molecule has 2 atom stereocenters. The molecule has 14 heavy (non-hydrogen) atoms. The number of benzene rings is 1. The summed E-state index contributed by atoms with van der Waals surface area (Å²) in [6.45, 7) is 3.13. The number of ether oxygens (including phenoxy) is 1. The van der Waals surface area contributed by atoms with Crippen molar-refractivity contribution in [2.45, 2.75) is 19.8 Å². The molecule has 1 aromatic carbocycles. The lowest BCUT2D eigenvalue weighted by Gasteiger charge is -2.33. The topological polar surface area (TPSA) is 35.2 Å². The fourth-order valence-electron chi connectivity index (χ4n) is 1.79. The zero-order valence-corrected chi connectivity index (χ0v) is 8.57. The van der Waals surface area contributed by atoms with Crippen molar-refractivity contribution in [2.75, 3.05) is 12.3 Å². The van der Waals surface area contributed by atoms with E-state index >= 15 is 0 Å². The molecular weight excluding hydrogens is 174 g/mol. The lowest BCUT2D eigenvalue weighted by Crippen LogP contribution is -2.28. The zero-order valence-electron chi connectivity index (χ0n) is 8.57. The summed E-state index contributed by atoms with van der Waals surface area (Å²) in [5.41, 5.74) is 6.43. The summed E-state index contributed by atoms with van der Waals surface area (Å²) in [4.78, 5) is 0. The van der Waals surface area contributed by atoms with Crippen LogP contribution < -0.4 is 10.5 Å². The van der Waals surface area contributed by atoms with Gasteiger partial charge < -0.3 is 10.5 Å². The van der Waals surface area contributed by atoms with Crippen LogP contribution in [0.4, 0.5) is 5.69 Å². The first-order chi connectivity index (χ1) is 6.75. The van der Waals surface area contributed by atoms with E-state index < -0.39 is 0 Å². The molecule has 0 radical (unpaired) electrons. The molecule has 0 spiro atoms. The van der Waals surface area contributed by atoms with Gasteiger partial charge in [-0.25, -0.2) is 0 Å². The molecule has 1 saturated carbocycles. The molecule has 1 aromatic rings. The smallest absolute Gasteiger partial charge is 0.121 e. The number of rotatable bonds is 3. The highest BCUT2D eigenvalue weighted by Crippen LogP contribution is 2.33. The molecule has 0 amide bonds. The van der Waals surface area contributed by atoms with E-state index in [2.05, 4.69) is 6.92 Å². The Morgan fingerprint density at radius 2 is 2.29 bits per heavy atom. The second-order valence-corrected chi connectivity index (χ2v) is 4.20. The first kappa shape index (κ1) is 9.38.